The third kappa shape index (κ3) is 5.43. The van der Waals surface area contributed by atoms with Crippen molar-refractivity contribution in [1.82, 2.24) is 10.2 Å². The van der Waals surface area contributed by atoms with Gasteiger partial charge >= 0.3 is 0 Å². The van der Waals surface area contributed by atoms with E-state index in [1.54, 1.807) is 0 Å². The Morgan fingerprint density at radius 2 is 1.85 bits per heavy atom. The monoisotopic (exact) mass is 280 g/mol. The zero-order valence-electron chi connectivity index (χ0n) is 13.2. The molecule has 2 rings (SSSR count). The van der Waals surface area contributed by atoms with Crippen molar-refractivity contribution in [2.75, 3.05) is 19.6 Å². The molecule has 1 aliphatic carbocycles. The van der Waals surface area contributed by atoms with E-state index in [0.29, 0.717) is 5.92 Å². The zero-order valence-corrected chi connectivity index (χ0v) is 13.2. The summed E-state index contributed by atoms with van der Waals surface area (Å²) in [5.74, 6) is 0.939. The number of hydrogen-bond acceptors (Lipinski definition) is 2. The van der Waals surface area contributed by atoms with Crippen LogP contribution in [0.25, 0.3) is 0 Å². The number of rotatable bonds is 6. The van der Waals surface area contributed by atoms with Crippen LogP contribution in [0.3, 0.4) is 0 Å². The van der Waals surface area contributed by atoms with Gasteiger partial charge in [-0.25, -0.2) is 0 Å². The second-order valence-corrected chi connectivity index (χ2v) is 6.79. The van der Waals surface area contributed by atoms with Gasteiger partial charge in [-0.05, 0) is 51.5 Å². The first-order valence-electron chi connectivity index (χ1n) is 8.76. The molecule has 116 valence electrons. The van der Waals surface area contributed by atoms with E-state index in [0.717, 1.165) is 32.0 Å². The highest BCUT2D eigenvalue weighted by Crippen LogP contribution is 2.26. The summed E-state index contributed by atoms with van der Waals surface area (Å²) < 4.78 is 0. The highest BCUT2D eigenvalue weighted by atomic mass is 16.1. The molecule has 0 bridgehead atoms. The van der Waals surface area contributed by atoms with Gasteiger partial charge in [-0.2, -0.15) is 0 Å². The summed E-state index contributed by atoms with van der Waals surface area (Å²) in [5, 5.41) is 3.12. The molecular formula is C17H32N2O. The fraction of sp³-hybridized carbons (Fsp3) is 0.941. The Morgan fingerprint density at radius 1 is 1.10 bits per heavy atom. The molecule has 1 heterocycles. The summed E-state index contributed by atoms with van der Waals surface area (Å²) in [5.41, 5.74) is 0. The van der Waals surface area contributed by atoms with E-state index in [9.17, 15) is 4.79 Å². The van der Waals surface area contributed by atoms with Gasteiger partial charge in [0.2, 0.25) is 5.91 Å². The van der Waals surface area contributed by atoms with Crippen molar-refractivity contribution in [2.24, 2.45) is 5.92 Å². The molecule has 20 heavy (non-hydrogen) atoms. The maximum Gasteiger partial charge on any atom is 0.220 e. The number of piperidine rings is 1. The maximum atomic E-state index is 11.9. The average molecular weight is 280 g/mol. The van der Waals surface area contributed by atoms with Crippen LogP contribution in [0.4, 0.5) is 0 Å². The first kappa shape index (κ1) is 15.8. The number of carbonyl (C=O) groups is 1. The molecule has 0 aromatic heterocycles. The minimum atomic E-state index is 0.281. The molecule has 1 saturated heterocycles. The van der Waals surface area contributed by atoms with Gasteiger partial charge in [0.15, 0.2) is 0 Å². The first-order valence-corrected chi connectivity index (χ1v) is 8.76. The Balaban J connectivity index is 1.52. The van der Waals surface area contributed by atoms with Crippen molar-refractivity contribution in [3.8, 4) is 0 Å². The van der Waals surface area contributed by atoms with Crippen LogP contribution in [0, 0.1) is 5.92 Å². The Hall–Kier alpha value is -0.570. The Kier molecular flexibility index (Phi) is 6.85. The van der Waals surface area contributed by atoms with Crippen LogP contribution < -0.4 is 5.32 Å². The third-order valence-corrected chi connectivity index (χ3v) is 5.08. The molecule has 1 aliphatic heterocycles. The van der Waals surface area contributed by atoms with Gasteiger partial charge in [-0.15, -0.1) is 0 Å². The van der Waals surface area contributed by atoms with Crippen molar-refractivity contribution in [3.63, 3.8) is 0 Å². The van der Waals surface area contributed by atoms with Gasteiger partial charge in [0.1, 0.15) is 0 Å². The number of nitrogens with zero attached hydrogens (tertiary/aromatic N) is 1. The van der Waals surface area contributed by atoms with Gasteiger partial charge in [-0.1, -0.05) is 25.7 Å². The SMILES string of the molecule is CC1CCCCN1CCCNC(=O)CC1CCCCC1. The fourth-order valence-corrected chi connectivity index (χ4v) is 3.73. The predicted octanol–water partition coefficient (Wildman–Crippen LogP) is 3.34. The van der Waals surface area contributed by atoms with Gasteiger partial charge in [0.05, 0.1) is 0 Å². The lowest BCUT2D eigenvalue weighted by Crippen LogP contribution is -2.39. The Bertz CT molecular complexity index is 287. The van der Waals surface area contributed by atoms with E-state index in [1.807, 2.05) is 0 Å². The summed E-state index contributed by atoms with van der Waals surface area (Å²) >= 11 is 0. The predicted molar refractivity (Wildman–Crippen MR) is 83.7 cm³/mol. The van der Waals surface area contributed by atoms with Crippen molar-refractivity contribution in [3.05, 3.63) is 0 Å². The van der Waals surface area contributed by atoms with Crippen molar-refractivity contribution >= 4 is 5.91 Å². The zero-order chi connectivity index (χ0) is 14.2. The van der Waals surface area contributed by atoms with E-state index in [4.69, 9.17) is 0 Å². The second kappa shape index (κ2) is 8.66. The van der Waals surface area contributed by atoms with Crippen LogP contribution in [0.15, 0.2) is 0 Å². The van der Waals surface area contributed by atoms with E-state index in [2.05, 4.69) is 17.1 Å². The highest BCUT2D eigenvalue weighted by molar-refractivity contribution is 5.76. The summed E-state index contributed by atoms with van der Waals surface area (Å²) in [7, 11) is 0. The number of likely N-dealkylation sites (tertiary alicyclic amines) is 1. The van der Waals surface area contributed by atoms with Crippen LogP contribution in [0.1, 0.15) is 71.1 Å². The lowest BCUT2D eigenvalue weighted by atomic mass is 9.87. The summed E-state index contributed by atoms with van der Waals surface area (Å²) in [6, 6.07) is 0.738. The largest absolute Gasteiger partial charge is 0.356 e. The molecule has 1 N–H and O–H groups in total. The number of nitrogens with one attached hydrogen (secondary N) is 1. The average Bonchev–Trinajstić information content (AvgIpc) is 2.46. The number of amides is 1. The fourth-order valence-electron chi connectivity index (χ4n) is 3.73. The quantitative estimate of drug-likeness (QED) is 0.757. The third-order valence-electron chi connectivity index (χ3n) is 5.08. The molecule has 0 radical (unpaired) electrons. The maximum absolute atomic E-state index is 11.9. The van der Waals surface area contributed by atoms with Crippen LogP contribution >= 0.6 is 0 Å². The van der Waals surface area contributed by atoms with Gasteiger partial charge in [0, 0.05) is 25.6 Å². The summed E-state index contributed by atoms with van der Waals surface area (Å²) in [4.78, 5) is 14.5. The molecule has 0 aromatic rings. The van der Waals surface area contributed by atoms with E-state index in [1.165, 1.54) is 57.9 Å². The van der Waals surface area contributed by atoms with Crippen molar-refractivity contribution in [2.45, 2.75) is 77.2 Å². The lowest BCUT2D eigenvalue weighted by molar-refractivity contribution is -0.122. The summed E-state index contributed by atoms with van der Waals surface area (Å²) in [6.45, 7) is 5.58. The molecule has 1 unspecified atom stereocenters. The van der Waals surface area contributed by atoms with Crippen LogP contribution in [-0.2, 0) is 4.79 Å². The first-order chi connectivity index (χ1) is 9.75. The van der Waals surface area contributed by atoms with E-state index in [-0.39, 0.29) is 5.91 Å². The molecule has 2 fully saturated rings. The molecule has 3 nitrogen and oxygen atoms in total. The van der Waals surface area contributed by atoms with Crippen LogP contribution in [0.5, 0.6) is 0 Å². The minimum absolute atomic E-state index is 0.281. The minimum Gasteiger partial charge on any atom is -0.356 e. The normalized spacial score (nSPS) is 25.6. The Morgan fingerprint density at radius 3 is 2.60 bits per heavy atom. The molecule has 3 heteroatoms. The van der Waals surface area contributed by atoms with Gasteiger partial charge < -0.3 is 10.2 Å². The Labute approximate surface area is 124 Å². The topological polar surface area (TPSA) is 32.3 Å². The van der Waals surface area contributed by atoms with E-state index < -0.39 is 0 Å². The van der Waals surface area contributed by atoms with Crippen LogP contribution in [0.2, 0.25) is 0 Å². The molecule has 1 amide bonds. The number of hydrogen-bond donors (Lipinski definition) is 1. The van der Waals surface area contributed by atoms with Gasteiger partial charge in [0.25, 0.3) is 0 Å². The molecule has 1 atom stereocenters. The van der Waals surface area contributed by atoms with Crippen molar-refractivity contribution in [1.29, 1.82) is 0 Å². The second-order valence-electron chi connectivity index (χ2n) is 6.79. The number of carbonyl (C=O) groups excluding carboxylic acids is 1. The molecule has 0 spiro atoms. The lowest BCUT2D eigenvalue weighted by Gasteiger charge is -2.33. The van der Waals surface area contributed by atoms with Crippen molar-refractivity contribution < 1.29 is 4.79 Å². The molecule has 0 aromatic carbocycles. The van der Waals surface area contributed by atoms with Gasteiger partial charge in [-0.3, -0.25) is 4.79 Å². The summed E-state index contributed by atoms with van der Waals surface area (Å²) in [6.07, 6.45) is 12.5. The smallest absolute Gasteiger partial charge is 0.220 e. The van der Waals surface area contributed by atoms with E-state index >= 15 is 0 Å². The highest BCUT2D eigenvalue weighted by Gasteiger charge is 2.18. The molecular weight excluding hydrogens is 248 g/mol. The molecule has 1 saturated carbocycles. The molecule has 2 aliphatic rings. The standard InChI is InChI=1S/C17H32N2O/c1-15-8-5-6-12-19(15)13-7-11-18-17(20)14-16-9-3-2-4-10-16/h15-16H,2-14H2,1H3,(H,18,20). The van der Waals surface area contributed by atoms with Crippen LogP contribution in [-0.4, -0.2) is 36.5 Å².